The Bertz CT molecular complexity index is 276. The van der Waals surface area contributed by atoms with Crippen LogP contribution < -0.4 is 5.32 Å². The second-order valence-corrected chi connectivity index (χ2v) is 3.23. The van der Waals surface area contributed by atoms with Crippen molar-refractivity contribution in [2.75, 3.05) is 20.3 Å². The molecule has 0 bridgehead atoms. The fourth-order valence-electron chi connectivity index (χ4n) is 1.37. The molecule has 3 heteroatoms. The lowest BCUT2D eigenvalue weighted by atomic mass is 10.1. The Balaban J connectivity index is 2.68. The Labute approximate surface area is 85.5 Å². The summed E-state index contributed by atoms with van der Waals surface area (Å²) in [6, 6.07) is 4.37. The number of likely N-dealkylation sites (N-methyl/N-ethyl adjacent to an activating group) is 1. The summed E-state index contributed by atoms with van der Waals surface area (Å²) in [7, 11) is 1.94. The lowest BCUT2D eigenvalue weighted by Crippen LogP contribution is -2.21. The van der Waals surface area contributed by atoms with Crippen LogP contribution >= 0.6 is 0 Å². The minimum Gasteiger partial charge on any atom is -0.380 e. The minimum atomic E-state index is 0.261. The standard InChI is InChI=1S/C11H18N2O/c1-4-14-8-11(12-3)10-5-6-13-9(2)7-10/h5-7,11-12H,4,8H2,1-3H3. The van der Waals surface area contributed by atoms with Gasteiger partial charge in [0.1, 0.15) is 0 Å². The Kier molecular flexibility index (Phi) is 4.56. The highest BCUT2D eigenvalue weighted by molar-refractivity contribution is 5.19. The first kappa shape index (κ1) is 11.1. The van der Waals surface area contributed by atoms with E-state index in [-0.39, 0.29) is 6.04 Å². The van der Waals surface area contributed by atoms with Crippen molar-refractivity contribution in [3.8, 4) is 0 Å². The van der Waals surface area contributed by atoms with Crippen molar-refractivity contribution in [1.29, 1.82) is 0 Å². The lowest BCUT2D eigenvalue weighted by Gasteiger charge is -2.16. The zero-order chi connectivity index (χ0) is 10.4. The molecule has 0 aliphatic rings. The first-order valence-corrected chi connectivity index (χ1v) is 4.95. The Morgan fingerprint density at radius 1 is 1.57 bits per heavy atom. The summed E-state index contributed by atoms with van der Waals surface area (Å²) in [4.78, 5) is 4.17. The molecule has 1 aromatic rings. The third-order valence-electron chi connectivity index (χ3n) is 2.16. The molecular weight excluding hydrogens is 176 g/mol. The van der Waals surface area contributed by atoms with Gasteiger partial charge in [-0.15, -0.1) is 0 Å². The Hall–Kier alpha value is -0.930. The van der Waals surface area contributed by atoms with Crippen molar-refractivity contribution in [3.05, 3.63) is 29.6 Å². The molecule has 1 N–H and O–H groups in total. The molecule has 0 aliphatic carbocycles. The summed E-state index contributed by atoms with van der Waals surface area (Å²) >= 11 is 0. The summed E-state index contributed by atoms with van der Waals surface area (Å²) < 4.78 is 5.40. The average molecular weight is 194 g/mol. The number of hydrogen-bond acceptors (Lipinski definition) is 3. The smallest absolute Gasteiger partial charge is 0.0661 e. The van der Waals surface area contributed by atoms with Gasteiger partial charge in [-0.1, -0.05) is 0 Å². The maximum atomic E-state index is 5.40. The molecule has 1 rings (SSSR count). The fraction of sp³-hybridized carbons (Fsp3) is 0.545. The number of aromatic nitrogens is 1. The monoisotopic (exact) mass is 194 g/mol. The van der Waals surface area contributed by atoms with Gasteiger partial charge in [-0.3, -0.25) is 4.98 Å². The summed E-state index contributed by atoms with van der Waals surface area (Å²) in [5, 5.41) is 3.23. The van der Waals surface area contributed by atoms with Crippen LogP contribution in [0.3, 0.4) is 0 Å². The van der Waals surface area contributed by atoms with Crippen molar-refractivity contribution >= 4 is 0 Å². The van der Waals surface area contributed by atoms with Crippen LogP contribution in [0.25, 0.3) is 0 Å². The van der Waals surface area contributed by atoms with Gasteiger partial charge in [0.05, 0.1) is 12.6 Å². The molecule has 0 spiro atoms. The number of nitrogens with zero attached hydrogens (tertiary/aromatic N) is 1. The molecule has 0 saturated heterocycles. The van der Waals surface area contributed by atoms with Crippen molar-refractivity contribution in [1.82, 2.24) is 10.3 Å². The maximum absolute atomic E-state index is 5.40. The van der Waals surface area contributed by atoms with Crippen molar-refractivity contribution in [3.63, 3.8) is 0 Å². The van der Waals surface area contributed by atoms with Gasteiger partial charge in [0.15, 0.2) is 0 Å². The zero-order valence-electron chi connectivity index (χ0n) is 9.08. The van der Waals surface area contributed by atoms with E-state index in [0.717, 1.165) is 12.3 Å². The molecule has 14 heavy (non-hydrogen) atoms. The van der Waals surface area contributed by atoms with Gasteiger partial charge in [0.25, 0.3) is 0 Å². The largest absolute Gasteiger partial charge is 0.380 e. The second-order valence-electron chi connectivity index (χ2n) is 3.23. The van der Waals surface area contributed by atoms with E-state index in [0.29, 0.717) is 6.61 Å². The van der Waals surface area contributed by atoms with Crippen LogP contribution in [0.1, 0.15) is 24.2 Å². The molecule has 0 saturated carbocycles. The molecule has 0 aliphatic heterocycles. The van der Waals surface area contributed by atoms with Gasteiger partial charge >= 0.3 is 0 Å². The molecule has 0 amide bonds. The van der Waals surface area contributed by atoms with E-state index in [1.165, 1.54) is 5.56 Å². The minimum absolute atomic E-state index is 0.261. The number of rotatable bonds is 5. The number of aryl methyl sites for hydroxylation is 1. The van der Waals surface area contributed by atoms with Crippen LogP contribution in [0, 0.1) is 6.92 Å². The van der Waals surface area contributed by atoms with Crippen LogP contribution in [0.5, 0.6) is 0 Å². The molecule has 0 aromatic carbocycles. The summed E-state index contributed by atoms with van der Waals surface area (Å²) in [5.41, 5.74) is 2.27. The van der Waals surface area contributed by atoms with Crippen molar-refractivity contribution in [2.24, 2.45) is 0 Å². The van der Waals surface area contributed by atoms with Crippen molar-refractivity contribution in [2.45, 2.75) is 19.9 Å². The predicted octanol–water partition coefficient (Wildman–Crippen LogP) is 1.69. The predicted molar refractivity (Wildman–Crippen MR) is 57.3 cm³/mol. The quantitative estimate of drug-likeness (QED) is 0.774. The topological polar surface area (TPSA) is 34.1 Å². The maximum Gasteiger partial charge on any atom is 0.0661 e. The molecule has 1 heterocycles. The average Bonchev–Trinajstić information content (AvgIpc) is 2.19. The van der Waals surface area contributed by atoms with Crippen LogP contribution in [0.4, 0.5) is 0 Å². The molecule has 1 unspecified atom stereocenters. The van der Waals surface area contributed by atoms with Gasteiger partial charge in [0.2, 0.25) is 0 Å². The number of nitrogens with one attached hydrogen (secondary N) is 1. The summed E-state index contributed by atoms with van der Waals surface area (Å²) in [6.45, 7) is 5.46. The van der Waals surface area contributed by atoms with Crippen LogP contribution in [-0.2, 0) is 4.74 Å². The van der Waals surface area contributed by atoms with E-state index in [4.69, 9.17) is 4.74 Å². The first-order chi connectivity index (χ1) is 6.77. The third-order valence-corrected chi connectivity index (χ3v) is 2.16. The van der Waals surface area contributed by atoms with Crippen LogP contribution in [-0.4, -0.2) is 25.2 Å². The molecule has 0 radical (unpaired) electrons. The third kappa shape index (κ3) is 3.09. The zero-order valence-corrected chi connectivity index (χ0v) is 9.08. The van der Waals surface area contributed by atoms with Gasteiger partial charge in [-0.25, -0.2) is 0 Å². The van der Waals surface area contributed by atoms with Gasteiger partial charge in [-0.05, 0) is 38.6 Å². The molecule has 0 fully saturated rings. The van der Waals surface area contributed by atoms with E-state index < -0.39 is 0 Å². The van der Waals surface area contributed by atoms with Crippen LogP contribution in [0.15, 0.2) is 18.3 Å². The normalized spacial score (nSPS) is 12.8. The van der Waals surface area contributed by atoms with Crippen molar-refractivity contribution < 1.29 is 4.74 Å². The molecule has 1 atom stereocenters. The first-order valence-electron chi connectivity index (χ1n) is 4.95. The Morgan fingerprint density at radius 2 is 2.36 bits per heavy atom. The van der Waals surface area contributed by atoms with Gasteiger partial charge < -0.3 is 10.1 Å². The van der Waals surface area contributed by atoms with E-state index in [2.05, 4.69) is 16.4 Å². The summed E-state index contributed by atoms with van der Waals surface area (Å²) in [5.74, 6) is 0. The second kappa shape index (κ2) is 5.73. The van der Waals surface area contributed by atoms with E-state index in [1.807, 2.05) is 33.2 Å². The van der Waals surface area contributed by atoms with E-state index in [9.17, 15) is 0 Å². The number of ether oxygens (including phenoxy) is 1. The highest BCUT2D eigenvalue weighted by atomic mass is 16.5. The molecule has 1 aromatic heterocycles. The summed E-state index contributed by atoms with van der Waals surface area (Å²) in [6.07, 6.45) is 1.83. The van der Waals surface area contributed by atoms with Gasteiger partial charge in [-0.2, -0.15) is 0 Å². The SMILES string of the molecule is CCOCC(NC)c1ccnc(C)c1. The fourth-order valence-corrected chi connectivity index (χ4v) is 1.37. The number of pyridine rings is 1. The lowest BCUT2D eigenvalue weighted by molar-refractivity contribution is 0.125. The van der Waals surface area contributed by atoms with Crippen LogP contribution in [0.2, 0.25) is 0 Å². The van der Waals surface area contributed by atoms with E-state index >= 15 is 0 Å². The highest BCUT2D eigenvalue weighted by Crippen LogP contribution is 2.12. The Morgan fingerprint density at radius 3 is 2.93 bits per heavy atom. The van der Waals surface area contributed by atoms with E-state index in [1.54, 1.807) is 0 Å². The number of hydrogen-bond donors (Lipinski definition) is 1. The highest BCUT2D eigenvalue weighted by Gasteiger charge is 2.08. The molecular formula is C11H18N2O. The molecule has 3 nitrogen and oxygen atoms in total. The van der Waals surface area contributed by atoms with Gasteiger partial charge in [0, 0.05) is 18.5 Å². The molecule has 78 valence electrons.